The van der Waals surface area contributed by atoms with Crippen molar-refractivity contribution in [3.63, 3.8) is 0 Å². The van der Waals surface area contributed by atoms with Crippen LogP contribution in [-0.2, 0) is 16.1 Å². The van der Waals surface area contributed by atoms with Crippen molar-refractivity contribution in [1.82, 2.24) is 4.90 Å². The molecule has 5 heteroatoms. The van der Waals surface area contributed by atoms with Gasteiger partial charge in [-0.2, -0.15) is 0 Å². The van der Waals surface area contributed by atoms with E-state index in [1.807, 2.05) is 38.1 Å². The number of morpholine rings is 1. The van der Waals surface area contributed by atoms with Crippen LogP contribution in [0.5, 0.6) is 0 Å². The van der Waals surface area contributed by atoms with E-state index in [2.05, 4.69) is 10.2 Å². The fraction of sp³-hybridized carbons (Fsp3) is 0.533. The van der Waals surface area contributed by atoms with Gasteiger partial charge in [0, 0.05) is 25.3 Å². The number of anilines is 1. The fourth-order valence-electron chi connectivity index (χ4n) is 2.54. The molecule has 0 aliphatic carbocycles. The lowest BCUT2D eigenvalue weighted by Gasteiger charge is -2.34. The number of nitrogens with zero attached hydrogens (tertiary/aromatic N) is 1. The molecular formula is C15H23N3O2. The van der Waals surface area contributed by atoms with Crippen LogP contribution in [-0.4, -0.2) is 42.6 Å². The molecule has 0 radical (unpaired) electrons. The Labute approximate surface area is 120 Å². The monoisotopic (exact) mass is 277 g/mol. The normalized spacial score (nSPS) is 23.6. The molecule has 1 aromatic rings. The summed E-state index contributed by atoms with van der Waals surface area (Å²) in [5, 5.41) is 2.91. The molecule has 3 N–H and O–H groups in total. The van der Waals surface area contributed by atoms with Crippen molar-refractivity contribution in [3.05, 3.63) is 29.8 Å². The van der Waals surface area contributed by atoms with E-state index in [1.54, 1.807) is 0 Å². The molecular weight excluding hydrogens is 254 g/mol. The first-order chi connectivity index (χ1) is 9.56. The average molecular weight is 277 g/mol. The van der Waals surface area contributed by atoms with Crippen molar-refractivity contribution in [1.29, 1.82) is 0 Å². The summed E-state index contributed by atoms with van der Waals surface area (Å²) in [7, 11) is 0. The van der Waals surface area contributed by atoms with Gasteiger partial charge in [0.25, 0.3) is 0 Å². The van der Waals surface area contributed by atoms with Gasteiger partial charge in [-0.25, -0.2) is 0 Å². The lowest BCUT2D eigenvalue weighted by molar-refractivity contribution is -0.121. The SMILES string of the molecule is CC1CN(CC(=O)Nc2ccc(CN)cc2)CC(C)O1. The van der Waals surface area contributed by atoms with Crippen molar-refractivity contribution in [3.8, 4) is 0 Å². The van der Waals surface area contributed by atoms with Crippen molar-refractivity contribution < 1.29 is 9.53 Å². The third kappa shape index (κ3) is 4.30. The van der Waals surface area contributed by atoms with Gasteiger partial charge in [-0.3, -0.25) is 9.69 Å². The lowest BCUT2D eigenvalue weighted by Crippen LogP contribution is -2.48. The van der Waals surface area contributed by atoms with Crippen LogP contribution < -0.4 is 11.1 Å². The summed E-state index contributed by atoms with van der Waals surface area (Å²) in [5.41, 5.74) is 7.41. The maximum Gasteiger partial charge on any atom is 0.238 e. The smallest absolute Gasteiger partial charge is 0.238 e. The summed E-state index contributed by atoms with van der Waals surface area (Å²) in [6.07, 6.45) is 0.353. The second-order valence-electron chi connectivity index (χ2n) is 5.40. The summed E-state index contributed by atoms with van der Waals surface area (Å²) in [5.74, 6) is 0.00629. The molecule has 2 atom stereocenters. The molecule has 1 amide bonds. The summed E-state index contributed by atoms with van der Waals surface area (Å²) in [6, 6.07) is 7.61. The topological polar surface area (TPSA) is 67.6 Å². The summed E-state index contributed by atoms with van der Waals surface area (Å²) in [4.78, 5) is 14.2. The highest BCUT2D eigenvalue weighted by molar-refractivity contribution is 5.92. The number of rotatable bonds is 4. The first-order valence-corrected chi connectivity index (χ1v) is 7.03. The van der Waals surface area contributed by atoms with Gasteiger partial charge in [0.2, 0.25) is 5.91 Å². The van der Waals surface area contributed by atoms with Crippen LogP contribution in [0.4, 0.5) is 5.69 Å². The zero-order valence-electron chi connectivity index (χ0n) is 12.1. The van der Waals surface area contributed by atoms with Gasteiger partial charge in [-0.1, -0.05) is 12.1 Å². The van der Waals surface area contributed by atoms with Crippen LogP contribution in [0.2, 0.25) is 0 Å². The van der Waals surface area contributed by atoms with E-state index < -0.39 is 0 Å². The van der Waals surface area contributed by atoms with Gasteiger partial charge < -0.3 is 15.8 Å². The molecule has 1 fully saturated rings. The highest BCUT2D eigenvalue weighted by Crippen LogP contribution is 2.12. The van der Waals surface area contributed by atoms with Gasteiger partial charge in [-0.05, 0) is 31.5 Å². The summed E-state index contributed by atoms with van der Waals surface area (Å²) < 4.78 is 5.66. The predicted octanol–water partition coefficient (Wildman–Crippen LogP) is 1.19. The zero-order chi connectivity index (χ0) is 14.5. The predicted molar refractivity (Wildman–Crippen MR) is 79.4 cm³/mol. The Morgan fingerprint density at radius 1 is 1.30 bits per heavy atom. The van der Waals surface area contributed by atoms with Gasteiger partial charge in [-0.15, -0.1) is 0 Å². The van der Waals surface area contributed by atoms with Crippen LogP contribution in [0.1, 0.15) is 19.4 Å². The second kappa shape index (κ2) is 6.83. The number of nitrogens with two attached hydrogens (primary N) is 1. The molecule has 1 aliphatic heterocycles. The molecule has 2 unspecified atom stereocenters. The minimum atomic E-state index is 0.00629. The molecule has 0 bridgehead atoms. The lowest BCUT2D eigenvalue weighted by atomic mass is 10.2. The van der Waals surface area contributed by atoms with Gasteiger partial charge >= 0.3 is 0 Å². The number of ether oxygens (including phenoxy) is 1. The third-order valence-electron chi connectivity index (χ3n) is 3.34. The number of amides is 1. The summed E-state index contributed by atoms with van der Waals surface area (Å²) in [6.45, 7) is 6.57. The minimum absolute atomic E-state index is 0.00629. The van der Waals surface area contributed by atoms with E-state index >= 15 is 0 Å². The number of carbonyl (C=O) groups excluding carboxylic acids is 1. The minimum Gasteiger partial charge on any atom is -0.373 e. The van der Waals surface area contributed by atoms with E-state index in [4.69, 9.17) is 10.5 Å². The maximum absolute atomic E-state index is 12.0. The first kappa shape index (κ1) is 15.0. The Kier molecular flexibility index (Phi) is 5.11. The molecule has 1 aromatic carbocycles. The van der Waals surface area contributed by atoms with Gasteiger partial charge in [0.15, 0.2) is 0 Å². The Bertz CT molecular complexity index is 437. The van der Waals surface area contributed by atoms with E-state index in [9.17, 15) is 4.79 Å². The molecule has 5 nitrogen and oxygen atoms in total. The molecule has 20 heavy (non-hydrogen) atoms. The van der Waals surface area contributed by atoms with Gasteiger partial charge in [0.05, 0.1) is 18.8 Å². The Hall–Kier alpha value is -1.43. The fourth-order valence-corrected chi connectivity index (χ4v) is 2.54. The molecule has 0 aromatic heterocycles. The van der Waals surface area contributed by atoms with E-state index in [0.29, 0.717) is 13.1 Å². The molecule has 110 valence electrons. The number of hydrogen-bond donors (Lipinski definition) is 2. The van der Waals surface area contributed by atoms with Crippen molar-refractivity contribution in [2.75, 3.05) is 25.0 Å². The van der Waals surface area contributed by atoms with Crippen LogP contribution in [0, 0.1) is 0 Å². The maximum atomic E-state index is 12.0. The van der Waals surface area contributed by atoms with Crippen molar-refractivity contribution >= 4 is 11.6 Å². The second-order valence-corrected chi connectivity index (χ2v) is 5.40. The molecule has 1 saturated heterocycles. The Morgan fingerprint density at radius 2 is 1.90 bits per heavy atom. The van der Waals surface area contributed by atoms with Crippen molar-refractivity contribution in [2.45, 2.75) is 32.6 Å². The third-order valence-corrected chi connectivity index (χ3v) is 3.34. The molecule has 1 heterocycles. The van der Waals surface area contributed by atoms with E-state index in [1.165, 1.54) is 0 Å². The van der Waals surface area contributed by atoms with Crippen LogP contribution in [0.3, 0.4) is 0 Å². The molecule has 2 rings (SSSR count). The Morgan fingerprint density at radius 3 is 2.45 bits per heavy atom. The number of benzene rings is 1. The first-order valence-electron chi connectivity index (χ1n) is 7.03. The highest BCUT2D eigenvalue weighted by atomic mass is 16.5. The largest absolute Gasteiger partial charge is 0.373 e. The number of hydrogen-bond acceptors (Lipinski definition) is 4. The van der Waals surface area contributed by atoms with Crippen LogP contribution in [0.15, 0.2) is 24.3 Å². The molecule has 0 saturated carbocycles. The number of nitrogens with one attached hydrogen (secondary N) is 1. The quantitative estimate of drug-likeness (QED) is 0.867. The standard InChI is InChI=1S/C15H23N3O2/c1-11-8-18(9-12(2)20-11)10-15(19)17-14-5-3-13(7-16)4-6-14/h3-6,11-12H,7-10,16H2,1-2H3,(H,17,19). The number of carbonyl (C=O) groups is 1. The van der Waals surface area contributed by atoms with Crippen LogP contribution in [0.25, 0.3) is 0 Å². The summed E-state index contributed by atoms with van der Waals surface area (Å²) >= 11 is 0. The average Bonchev–Trinajstić information content (AvgIpc) is 2.38. The van der Waals surface area contributed by atoms with Crippen molar-refractivity contribution in [2.24, 2.45) is 5.73 Å². The molecule has 0 spiro atoms. The van der Waals surface area contributed by atoms with E-state index in [0.717, 1.165) is 24.3 Å². The zero-order valence-corrected chi connectivity index (χ0v) is 12.1. The molecule has 1 aliphatic rings. The Balaban J connectivity index is 1.85. The van der Waals surface area contributed by atoms with Gasteiger partial charge in [0.1, 0.15) is 0 Å². The van der Waals surface area contributed by atoms with E-state index in [-0.39, 0.29) is 18.1 Å². The highest BCUT2D eigenvalue weighted by Gasteiger charge is 2.23. The van der Waals surface area contributed by atoms with Crippen LogP contribution >= 0.6 is 0 Å².